The molecule has 92 valence electrons. The molecule has 5 nitrogen and oxygen atoms in total. The van der Waals surface area contributed by atoms with E-state index < -0.39 is 5.91 Å². The molecule has 1 aromatic carbocycles. The normalized spacial score (nSPS) is 10.1. The van der Waals surface area contributed by atoms with Crippen LogP contribution in [0, 0.1) is 0 Å². The monoisotopic (exact) mass is 283 g/mol. The van der Waals surface area contributed by atoms with Crippen LogP contribution in [-0.2, 0) is 0 Å². The number of nitrogens with two attached hydrogens (primary N) is 1. The van der Waals surface area contributed by atoms with E-state index in [1.807, 2.05) is 0 Å². The zero-order valence-electron chi connectivity index (χ0n) is 8.93. The van der Waals surface area contributed by atoms with Crippen LogP contribution in [-0.4, -0.2) is 15.9 Å². The van der Waals surface area contributed by atoms with Crippen molar-refractivity contribution in [1.82, 2.24) is 9.97 Å². The summed E-state index contributed by atoms with van der Waals surface area (Å²) in [5.74, 6) is 0.0878. The molecule has 2 N–H and O–H groups in total. The summed E-state index contributed by atoms with van der Waals surface area (Å²) < 4.78 is 5.41. The molecule has 0 aliphatic heterocycles. The molecular formula is C11H7Cl2N3O2. The number of amides is 1. The van der Waals surface area contributed by atoms with E-state index in [0.717, 1.165) is 0 Å². The van der Waals surface area contributed by atoms with Crippen molar-refractivity contribution in [2.75, 3.05) is 0 Å². The number of rotatable bonds is 3. The maximum absolute atomic E-state index is 10.9. The van der Waals surface area contributed by atoms with Crippen LogP contribution in [0.5, 0.6) is 11.6 Å². The Morgan fingerprint density at radius 1 is 1.22 bits per heavy atom. The molecule has 0 unspecified atom stereocenters. The number of aromatic nitrogens is 2. The van der Waals surface area contributed by atoms with Crippen LogP contribution in [0.3, 0.4) is 0 Å². The first kappa shape index (κ1) is 12.6. The average molecular weight is 284 g/mol. The van der Waals surface area contributed by atoms with E-state index in [1.165, 1.54) is 18.3 Å². The van der Waals surface area contributed by atoms with E-state index in [-0.39, 0.29) is 16.2 Å². The summed E-state index contributed by atoms with van der Waals surface area (Å²) in [7, 11) is 0. The minimum atomic E-state index is -0.510. The molecule has 0 aliphatic rings. The first-order valence-corrected chi connectivity index (χ1v) is 5.57. The molecule has 0 saturated heterocycles. The predicted molar refractivity (Wildman–Crippen MR) is 67.1 cm³/mol. The molecular weight excluding hydrogens is 277 g/mol. The molecule has 0 saturated carbocycles. The third kappa shape index (κ3) is 2.88. The Balaban J connectivity index is 2.23. The predicted octanol–water partition coefficient (Wildman–Crippen LogP) is 2.67. The molecule has 1 amide bonds. The highest BCUT2D eigenvalue weighted by molar-refractivity contribution is 6.32. The van der Waals surface area contributed by atoms with Crippen molar-refractivity contribution in [1.29, 1.82) is 0 Å². The highest BCUT2D eigenvalue weighted by Gasteiger charge is 2.07. The molecule has 0 radical (unpaired) electrons. The van der Waals surface area contributed by atoms with E-state index in [0.29, 0.717) is 11.3 Å². The largest absolute Gasteiger partial charge is 0.437 e. The lowest BCUT2D eigenvalue weighted by Gasteiger charge is -2.06. The fourth-order valence-corrected chi connectivity index (χ4v) is 1.46. The van der Waals surface area contributed by atoms with Crippen LogP contribution in [0.2, 0.25) is 10.3 Å². The zero-order chi connectivity index (χ0) is 13.1. The van der Waals surface area contributed by atoms with Crippen LogP contribution in [0.1, 0.15) is 10.4 Å². The van der Waals surface area contributed by atoms with Gasteiger partial charge in [0, 0.05) is 5.56 Å². The SMILES string of the molecule is NC(=O)c1ccc(Oc2nc(Cl)ncc2Cl)cc1. The van der Waals surface area contributed by atoms with Crippen LogP contribution in [0.4, 0.5) is 0 Å². The first-order chi connectivity index (χ1) is 8.56. The van der Waals surface area contributed by atoms with Gasteiger partial charge < -0.3 is 10.5 Å². The van der Waals surface area contributed by atoms with E-state index in [2.05, 4.69) is 9.97 Å². The smallest absolute Gasteiger partial charge is 0.248 e. The van der Waals surface area contributed by atoms with Crippen molar-refractivity contribution < 1.29 is 9.53 Å². The van der Waals surface area contributed by atoms with Gasteiger partial charge in [0.15, 0.2) is 0 Å². The van der Waals surface area contributed by atoms with E-state index in [1.54, 1.807) is 12.1 Å². The molecule has 1 aromatic heterocycles. The summed E-state index contributed by atoms with van der Waals surface area (Å²) >= 11 is 11.5. The second kappa shape index (κ2) is 5.20. The molecule has 2 aromatic rings. The molecule has 0 bridgehead atoms. The van der Waals surface area contributed by atoms with Gasteiger partial charge in [-0.25, -0.2) is 4.98 Å². The molecule has 1 heterocycles. The van der Waals surface area contributed by atoms with Gasteiger partial charge in [-0.2, -0.15) is 4.98 Å². The molecule has 2 rings (SSSR count). The fraction of sp³-hybridized carbons (Fsp3) is 0. The van der Waals surface area contributed by atoms with Crippen LogP contribution in [0.25, 0.3) is 0 Å². The minimum Gasteiger partial charge on any atom is -0.437 e. The summed E-state index contributed by atoms with van der Waals surface area (Å²) in [5, 5.41) is 0.265. The van der Waals surface area contributed by atoms with E-state index in [4.69, 9.17) is 33.7 Å². The van der Waals surface area contributed by atoms with Crippen LogP contribution < -0.4 is 10.5 Å². The number of hydrogen-bond acceptors (Lipinski definition) is 4. The lowest BCUT2D eigenvalue weighted by atomic mass is 10.2. The number of nitrogens with zero attached hydrogens (tertiary/aromatic N) is 2. The number of carbonyl (C=O) groups excluding carboxylic acids is 1. The van der Waals surface area contributed by atoms with Gasteiger partial charge in [-0.3, -0.25) is 4.79 Å². The van der Waals surface area contributed by atoms with Crippen molar-refractivity contribution in [3.05, 3.63) is 46.3 Å². The Hall–Kier alpha value is -1.85. The lowest BCUT2D eigenvalue weighted by molar-refractivity contribution is 0.100. The van der Waals surface area contributed by atoms with Crippen molar-refractivity contribution in [3.63, 3.8) is 0 Å². The van der Waals surface area contributed by atoms with E-state index >= 15 is 0 Å². The zero-order valence-corrected chi connectivity index (χ0v) is 10.4. The highest BCUT2D eigenvalue weighted by Crippen LogP contribution is 2.27. The van der Waals surface area contributed by atoms with Gasteiger partial charge in [0.2, 0.25) is 17.1 Å². The maximum atomic E-state index is 10.9. The summed E-state index contributed by atoms with van der Waals surface area (Å²) in [6.07, 6.45) is 1.34. The van der Waals surface area contributed by atoms with Gasteiger partial charge in [-0.05, 0) is 35.9 Å². The first-order valence-electron chi connectivity index (χ1n) is 4.82. The fourth-order valence-electron chi connectivity index (χ4n) is 1.20. The summed E-state index contributed by atoms with van der Waals surface area (Å²) in [6, 6.07) is 6.22. The van der Waals surface area contributed by atoms with Gasteiger partial charge in [-0.1, -0.05) is 11.6 Å². The van der Waals surface area contributed by atoms with Gasteiger partial charge >= 0.3 is 0 Å². The van der Waals surface area contributed by atoms with Gasteiger partial charge in [0.25, 0.3) is 0 Å². The Labute approximate surface area is 113 Å². The number of ether oxygens (including phenoxy) is 1. The van der Waals surface area contributed by atoms with E-state index in [9.17, 15) is 4.79 Å². The second-order valence-electron chi connectivity index (χ2n) is 3.28. The number of primary amides is 1. The average Bonchev–Trinajstić information content (AvgIpc) is 2.34. The number of benzene rings is 1. The topological polar surface area (TPSA) is 78.1 Å². The third-order valence-electron chi connectivity index (χ3n) is 2.04. The molecule has 0 fully saturated rings. The summed E-state index contributed by atoms with van der Waals surface area (Å²) in [5.41, 5.74) is 5.50. The molecule has 0 atom stereocenters. The standard InChI is InChI=1S/C11H7Cl2N3O2/c12-8-5-15-11(13)16-10(8)18-7-3-1-6(2-4-7)9(14)17/h1-5H,(H2,14,17). The van der Waals surface area contributed by atoms with Crippen molar-refractivity contribution in [2.24, 2.45) is 5.73 Å². The number of carbonyl (C=O) groups is 1. The maximum Gasteiger partial charge on any atom is 0.248 e. The summed E-state index contributed by atoms with van der Waals surface area (Å²) in [6.45, 7) is 0. The lowest BCUT2D eigenvalue weighted by Crippen LogP contribution is -2.10. The van der Waals surface area contributed by atoms with Crippen LogP contribution in [0.15, 0.2) is 30.5 Å². The Kier molecular flexibility index (Phi) is 3.64. The van der Waals surface area contributed by atoms with Gasteiger partial charge in [-0.15, -0.1) is 0 Å². The second-order valence-corrected chi connectivity index (χ2v) is 4.03. The molecule has 18 heavy (non-hydrogen) atoms. The molecule has 0 spiro atoms. The highest BCUT2D eigenvalue weighted by atomic mass is 35.5. The molecule has 0 aliphatic carbocycles. The number of halogens is 2. The van der Waals surface area contributed by atoms with Crippen LogP contribution >= 0.6 is 23.2 Å². The van der Waals surface area contributed by atoms with Crippen molar-refractivity contribution >= 4 is 29.1 Å². The van der Waals surface area contributed by atoms with Gasteiger partial charge in [0.1, 0.15) is 10.8 Å². The third-order valence-corrected chi connectivity index (χ3v) is 2.48. The Morgan fingerprint density at radius 3 is 2.50 bits per heavy atom. The van der Waals surface area contributed by atoms with Crippen molar-refractivity contribution in [3.8, 4) is 11.6 Å². The summed E-state index contributed by atoms with van der Waals surface area (Å²) in [4.78, 5) is 18.4. The quantitative estimate of drug-likeness (QED) is 0.879. The number of hydrogen-bond donors (Lipinski definition) is 1. The van der Waals surface area contributed by atoms with Crippen molar-refractivity contribution in [2.45, 2.75) is 0 Å². The van der Waals surface area contributed by atoms with Gasteiger partial charge in [0.05, 0.1) is 6.20 Å². The minimum absolute atomic E-state index is 0.0307. The Bertz CT molecular complexity index is 587. The Morgan fingerprint density at radius 2 is 1.89 bits per heavy atom. The molecule has 7 heteroatoms.